The number of aromatic nitrogens is 3. The summed E-state index contributed by atoms with van der Waals surface area (Å²) >= 11 is 1.45. The van der Waals surface area contributed by atoms with E-state index in [-0.39, 0.29) is 11.9 Å². The van der Waals surface area contributed by atoms with Crippen molar-refractivity contribution < 1.29 is 9.53 Å². The minimum absolute atomic E-state index is 0.109. The highest BCUT2D eigenvalue weighted by atomic mass is 32.2. The van der Waals surface area contributed by atoms with Crippen molar-refractivity contribution in [1.82, 2.24) is 19.7 Å². The zero-order valence-electron chi connectivity index (χ0n) is 19.8. The summed E-state index contributed by atoms with van der Waals surface area (Å²) in [5.41, 5.74) is 4.84. The molecular formula is C26H31N5O2S. The molecule has 3 aromatic rings. The molecule has 0 spiro atoms. The van der Waals surface area contributed by atoms with Crippen LogP contribution in [0.4, 0.5) is 5.95 Å². The largest absolute Gasteiger partial charge is 0.378 e. The second-order valence-electron chi connectivity index (χ2n) is 8.95. The number of ether oxygens (including phenoxy) is 1. The topological polar surface area (TPSA) is 63.5 Å². The number of aryl methyl sites for hydroxylation is 2. The first-order valence-corrected chi connectivity index (χ1v) is 12.9. The van der Waals surface area contributed by atoms with Gasteiger partial charge in [0.05, 0.1) is 30.7 Å². The van der Waals surface area contributed by atoms with E-state index in [4.69, 9.17) is 4.74 Å². The Hall–Kier alpha value is -2.84. The molecule has 1 unspecified atom stereocenters. The van der Waals surface area contributed by atoms with E-state index in [1.54, 1.807) is 0 Å². The van der Waals surface area contributed by atoms with Crippen LogP contribution < -0.4 is 4.90 Å². The predicted octanol–water partition coefficient (Wildman–Crippen LogP) is 4.04. The number of thioether (sulfide) groups is 1. The maximum absolute atomic E-state index is 13.2. The van der Waals surface area contributed by atoms with Crippen LogP contribution in [0.1, 0.15) is 35.6 Å². The number of benzene rings is 2. The van der Waals surface area contributed by atoms with Crippen LogP contribution in [0.3, 0.4) is 0 Å². The van der Waals surface area contributed by atoms with Gasteiger partial charge in [-0.05, 0) is 49.4 Å². The van der Waals surface area contributed by atoms with Crippen LogP contribution in [0, 0.1) is 6.92 Å². The maximum Gasteiger partial charge on any atom is 0.233 e. The predicted molar refractivity (Wildman–Crippen MR) is 135 cm³/mol. The molecule has 0 saturated carbocycles. The molecule has 8 heteroatoms. The number of carbonyl (C=O) groups is 1. The minimum atomic E-state index is 0.109. The van der Waals surface area contributed by atoms with Crippen molar-refractivity contribution in [2.24, 2.45) is 0 Å². The summed E-state index contributed by atoms with van der Waals surface area (Å²) in [6, 6.07) is 17.0. The average molecular weight is 478 g/mol. The number of nitrogens with zero attached hydrogens (tertiary/aromatic N) is 5. The van der Waals surface area contributed by atoms with Crippen LogP contribution in [-0.2, 0) is 16.0 Å². The molecule has 1 saturated heterocycles. The van der Waals surface area contributed by atoms with E-state index in [2.05, 4.69) is 75.1 Å². The monoisotopic (exact) mass is 477 g/mol. The summed E-state index contributed by atoms with van der Waals surface area (Å²) < 4.78 is 7.59. The number of amides is 1. The summed E-state index contributed by atoms with van der Waals surface area (Å²) in [6.45, 7) is 4.98. The van der Waals surface area contributed by atoms with Crippen molar-refractivity contribution in [2.75, 3.05) is 44.0 Å². The van der Waals surface area contributed by atoms with Crippen LogP contribution in [0.2, 0.25) is 0 Å². The first kappa shape index (κ1) is 22.9. The summed E-state index contributed by atoms with van der Waals surface area (Å²) in [5.74, 6) is 1.23. The van der Waals surface area contributed by atoms with Crippen molar-refractivity contribution >= 4 is 23.6 Å². The van der Waals surface area contributed by atoms with E-state index in [0.717, 1.165) is 49.1 Å². The lowest BCUT2D eigenvalue weighted by Crippen LogP contribution is -2.38. The summed E-state index contributed by atoms with van der Waals surface area (Å²) in [7, 11) is 1.93. The highest BCUT2D eigenvalue weighted by Gasteiger charge is 2.27. The lowest BCUT2D eigenvalue weighted by atomic mass is 9.87. The molecule has 1 aromatic heterocycles. The van der Waals surface area contributed by atoms with Gasteiger partial charge in [-0.25, -0.2) is 0 Å². The first-order chi connectivity index (χ1) is 16.6. The van der Waals surface area contributed by atoms with Crippen molar-refractivity contribution in [3.8, 4) is 5.69 Å². The van der Waals surface area contributed by atoms with Gasteiger partial charge in [-0.3, -0.25) is 9.36 Å². The van der Waals surface area contributed by atoms with Gasteiger partial charge in [-0.2, -0.15) is 0 Å². The third-order valence-electron chi connectivity index (χ3n) is 6.73. The molecular weight excluding hydrogens is 446 g/mol. The molecule has 1 aliphatic carbocycles. The molecule has 1 fully saturated rings. The Bertz CT molecular complexity index is 1140. The summed E-state index contributed by atoms with van der Waals surface area (Å²) in [6.07, 6.45) is 3.20. The Morgan fingerprint density at radius 3 is 2.68 bits per heavy atom. The van der Waals surface area contributed by atoms with Gasteiger partial charge in [0.25, 0.3) is 0 Å². The van der Waals surface area contributed by atoms with E-state index in [1.807, 2.05) is 11.9 Å². The molecule has 2 aliphatic rings. The smallest absolute Gasteiger partial charge is 0.233 e. The SMILES string of the molecule is Cc1ccc(-n2c(SCC(=O)N(C)C3CCCc4ccccc43)nnc2N2CCOCC2)cc1. The van der Waals surface area contributed by atoms with Crippen LogP contribution in [-0.4, -0.2) is 64.7 Å². The highest BCUT2D eigenvalue weighted by molar-refractivity contribution is 7.99. The van der Waals surface area contributed by atoms with Crippen molar-refractivity contribution in [3.63, 3.8) is 0 Å². The number of hydrogen-bond acceptors (Lipinski definition) is 6. The van der Waals surface area contributed by atoms with Gasteiger partial charge in [0.2, 0.25) is 11.9 Å². The van der Waals surface area contributed by atoms with E-state index in [9.17, 15) is 4.79 Å². The standard InChI is InChI=1S/C26H31N5O2S/c1-19-10-12-21(13-11-19)31-25(30-14-16-33-17-15-30)27-28-26(31)34-18-24(32)29(2)23-9-5-7-20-6-3-4-8-22(20)23/h3-4,6,8,10-13,23H,5,7,9,14-18H2,1-2H3. The van der Waals surface area contributed by atoms with Crippen molar-refractivity contribution in [2.45, 2.75) is 37.4 Å². The van der Waals surface area contributed by atoms with Crippen LogP contribution in [0.25, 0.3) is 5.69 Å². The Labute approximate surface area is 205 Å². The zero-order chi connectivity index (χ0) is 23.5. The fraction of sp³-hybridized carbons (Fsp3) is 0.423. The number of carbonyl (C=O) groups excluding carboxylic acids is 1. The normalized spacial score (nSPS) is 17.9. The van der Waals surface area contributed by atoms with Gasteiger partial charge >= 0.3 is 0 Å². The van der Waals surface area contributed by atoms with Crippen LogP contribution >= 0.6 is 11.8 Å². The van der Waals surface area contributed by atoms with Crippen molar-refractivity contribution in [1.29, 1.82) is 0 Å². The van der Waals surface area contributed by atoms with E-state index >= 15 is 0 Å². The number of hydrogen-bond donors (Lipinski definition) is 0. The van der Waals surface area contributed by atoms with Crippen LogP contribution in [0.5, 0.6) is 0 Å². The molecule has 0 bridgehead atoms. The van der Waals surface area contributed by atoms with Crippen LogP contribution in [0.15, 0.2) is 53.7 Å². The first-order valence-electron chi connectivity index (χ1n) is 11.9. The molecule has 5 rings (SSSR count). The average Bonchev–Trinajstić information content (AvgIpc) is 3.31. The molecule has 2 heterocycles. The summed E-state index contributed by atoms with van der Waals surface area (Å²) in [4.78, 5) is 17.4. The van der Waals surface area contributed by atoms with E-state index in [0.29, 0.717) is 19.0 Å². The molecule has 2 aromatic carbocycles. The molecule has 7 nitrogen and oxygen atoms in total. The Morgan fingerprint density at radius 2 is 1.88 bits per heavy atom. The van der Waals surface area contributed by atoms with Gasteiger partial charge in [0.15, 0.2) is 5.16 Å². The number of rotatable bonds is 6. The fourth-order valence-electron chi connectivity index (χ4n) is 4.78. The van der Waals surface area contributed by atoms with Gasteiger partial charge in [0, 0.05) is 20.1 Å². The molecule has 0 radical (unpaired) electrons. The van der Waals surface area contributed by atoms with Gasteiger partial charge in [-0.1, -0.05) is 53.7 Å². The lowest BCUT2D eigenvalue weighted by molar-refractivity contribution is -0.129. The Morgan fingerprint density at radius 1 is 1.12 bits per heavy atom. The molecule has 1 amide bonds. The third-order valence-corrected chi connectivity index (χ3v) is 7.64. The highest BCUT2D eigenvalue weighted by Crippen LogP contribution is 2.34. The second kappa shape index (κ2) is 10.2. The molecule has 1 aliphatic heterocycles. The second-order valence-corrected chi connectivity index (χ2v) is 9.90. The Balaban J connectivity index is 1.35. The van der Waals surface area contributed by atoms with Gasteiger partial charge in [0.1, 0.15) is 0 Å². The van der Waals surface area contributed by atoms with Gasteiger partial charge in [-0.15, -0.1) is 10.2 Å². The lowest BCUT2D eigenvalue weighted by Gasteiger charge is -2.33. The zero-order valence-corrected chi connectivity index (χ0v) is 20.6. The van der Waals surface area contributed by atoms with E-state index < -0.39 is 0 Å². The number of fused-ring (bicyclic) bond motifs is 1. The molecule has 34 heavy (non-hydrogen) atoms. The number of anilines is 1. The van der Waals surface area contributed by atoms with Gasteiger partial charge < -0.3 is 14.5 Å². The minimum Gasteiger partial charge on any atom is -0.378 e. The molecule has 178 valence electrons. The number of morpholine rings is 1. The van der Waals surface area contributed by atoms with E-state index in [1.165, 1.54) is 28.5 Å². The third kappa shape index (κ3) is 4.70. The maximum atomic E-state index is 13.2. The molecule has 1 atom stereocenters. The quantitative estimate of drug-likeness (QED) is 0.500. The molecule has 0 N–H and O–H groups in total. The van der Waals surface area contributed by atoms with Crippen molar-refractivity contribution in [3.05, 3.63) is 65.2 Å². The Kier molecular flexibility index (Phi) is 6.87. The summed E-state index contributed by atoms with van der Waals surface area (Å²) in [5, 5.41) is 9.74. The fourth-order valence-corrected chi connectivity index (χ4v) is 5.65.